The Bertz CT molecular complexity index is 332. The van der Waals surface area contributed by atoms with Crippen LogP contribution in [0.2, 0.25) is 0 Å². The van der Waals surface area contributed by atoms with Gasteiger partial charge < -0.3 is 5.11 Å². The van der Waals surface area contributed by atoms with Crippen LogP contribution >= 0.6 is 0 Å². The zero-order valence-electron chi connectivity index (χ0n) is 10.6. The minimum Gasteiger partial charge on any atom is -0.478 e. The lowest BCUT2D eigenvalue weighted by molar-refractivity contribution is -0.133. The lowest BCUT2D eigenvalue weighted by Gasteiger charge is -2.56. The van der Waals surface area contributed by atoms with Crippen LogP contribution < -0.4 is 0 Å². The topological polar surface area (TPSA) is 37.3 Å². The summed E-state index contributed by atoms with van der Waals surface area (Å²) in [5.74, 6) is 1.97. The molecule has 0 unspecified atom stereocenters. The van der Waals surface area contributed by atoms with Crippen LogP contribution in [0.5, 0.6) is 0 Å². The molecule has 0 saturated heterocycles. The summed E-state index contributed by atoms with van der Waals surface area (Å²) in [7, 11) is 0. The lowest BCUT2D eigenvalue weighted by Crippen LogP contribution is -2.45. The fourth-order valence-electron chi connectivity index (χ4n) is 5.04. The molecule has 2 heteroatoms. The maximum Gasteiger partial charge on any atom is 0.331 e. The summed E-state index contributed by atoms with van der Waals surface area (Å²) in [4.78, 5) is 11.2. The number of hydrogen-bond acceptors (Lipinski definition) is 1. The van der Waals surface area contributed by atoms with Gasteiger partial charge in [-0.15, -0.1) is 0 Å². The van der Waals surface area contributed by atoms with Gasteiger partial charge in [0.1, 0.15) is 0 Å². The Morgan fingerprint density at radius 1 is 1.18 bits per heavy atom. The van der Waals surface area contributed by atoms with Crippen LogP contribution in [0.15, 0.2) is 11.6 Å². The SMILES string of the molecule is CCC(=CC12CC3CC(CC(C3)C1)C2)C(=O)O. The third kappa shape index (κ3) is 1.92. The van der Waals surface area contributed by atoms with Gasteiger partial charge in [-0.05, 0) is 68.1 Å². The fourth-order valence-corrected chi connectivity index (χ4v) is 5.04. The van der Waals surface area contributed by atoms with Crippen molar-refractivity contribution in [3.05, 3.63) is 11.6 Å². The number of aliphatic carboxylic acids is 1. The van der Waals surface area contributed by atoms with Crippen LogP contribution in [-0.4, -0.2) is 11.1 Å². The second-order valence-corrected chi connectivity index (χ2v) is 6.61. The third-order valence-corrected chi connectivity index (χ3v) is 5.22. The molecule has 94 valence electrons. The van der Waals surface area contributed by atoms with Crippen molar-refractivity contribution in [2.24, 2.45) is 23.2 Å². The van der Waals surface area contributed by atoms with E-state index in [4.69, 9.17) is 0 Å². The van der Waals surface area contributed by atoms with Gasteiger partial charge in [-0.3, -0.25) is 0 Å². The first-order chi connectivity index (χ1) is 8.10. The average molecular weight is 234 g/mol. The van der Waals surface area contributed by atoms with Crippen LogP contribution in [0.4, 0.5) is 0 Å². The molecule has 4 saturated carbocycles. The Balaban J connectivity index is 1.89. The summed E-state index contributed by atoms with van der Waals surface area (Å²) in [6, 6.07) is 0. The van der Waals surface area contributed by atoms with E-state index in [1.54, 1.807) is 0 Å². The summed E-state index contributed by atoms with van der Waals surface area (Å²) < 4.78 is 0. The third-order valence-electron chi connectivity index (χ3n) is 5.22. The van der Waals surface area contributed by atoms with Crippen molar-refractivity contribution >= 4 is 5.97 Å². The molecule has 4 fully saturated rings. The van der Waals surface area contributed by atoms with Crippen LogP contribution in [0.25, 0.3) is 0 Å². The summed E-state index contributed by atoms with van der Waals surface area (Å²) >= 11 is 0. The highest BCUT2D eigenvalue weighted by Crippen LogP contribution is 2.60. The van der Waals surface area contributed by atoms with Gasteiger partial charge >= 0.3 is 5.97 Å². The highest BCUT2D eigenvalue weighted by molar-refractivity contribution is 5.86. The first-order valence-electron chi connectivity index (χ1n) is 7.05. The molecule has 0 aromatic heterocycles. The summed E-state index contributed by atoms with van der Waals surface area (Å²) in [5.41, 5.74) is 0.908. The number of carboxylic acids is 1. The Morgan fingerprint density at radius 2 is 1.65 bits per heavy atom. The molecule has 0 heterocycles. The van der Waals surface area contributed by atoms with Gasteiger partial charge in [0.05, 0.1) is 0 Å². The predicted molar refractivity (Wildman–Crippen MR) is 66.6 cm³/mol. The Kier molecular flexibility index (Phi) is 2.57. The Labute approximate surface area is 103 Å². The number of hydrogen-bond donors (Lipinski definition) is 1. The van der Waals surface area contributed by atoms with Crippen molar-refractivity contribution in [3.8, 4) is 0 Å². The Hall–Kier alpha value is -0.790. The largest absolute Gasteiger partial charge is 0.478 e. The van der Waals surface area contributed by atoms with E-state index in [0.29, 0.717) is 12.0 Å². The zero-order valence-corrected chi connectivity index (χ0v) is 10.6. The first-order valence-corrected chi connectivity index (χ1v) is 7.05. The van der Waals surface area contributed by atoms with Gasteiger partial charge in [0.2, 0.25) is 0 Å². The minimum absolute atomic E-state index is 0.262. The van der Waals surface area contributed by atoms with Crippen molar-refractivity contribution in [2.75, 3.05) is 0 Å². The molecular formula is C15H22O2. The van der Waals surface area contributed by atoms with E-state index < -0.39 is 5.97 Å². The van der Waals surface area contributed by atoms with Crippen molar-refractivity contribution in [2.45, 2.75) is 51.9 Å². The standard InChI is InChI=1S/C15H22O2/c1-2-13(14(16)17)9-15-6-10-3-11(7-15)5-12(4-10)8-15/h9-12H,2-8H2,1H3,(H,16,17). The molecule has 1 N–H and O–H groups in total. The van der Waals surface area contributed by atoms with Gasteiger partial charge in [0.25, 0.3) is 0 Å². The molecule has 0 aliphatic heterocycles. The van der Waals surface area contributed by atoms with E-state index in [1.807, 2.05) is 6.92 Å². The van der Waals surface area contributed by atoms with Crippen LogP contribution in [-0.2, 0) is 4.79 Å². The van der Waals surface area contributed by atoms with Crippen molar-refractivity contribution < 1.29 is 9.90 Å². The molecule has 0 aromatic carbocycles. The predicted octanol–water partition coefficient (Wildman–Crippen LogP) is 3.62. The number of allylic oxidation sites excluding steroid dienone is 1. The van der Waals surface area contributed by atoms with E-state index in [1.165, 1.54) is 38.5 Å². The average Bonchev–Trinajstić information content (AvgIpc) is 2.23. The normalized spacial score (nSPS) is 44.1. The highest BCUT2D eigenvalue weighted by atomic mass is 16.4. The molecular weight excluding hydrogens is 212 g/mol. The molecule has 4 rings (SSSR count). The minimum atomic E-state index is -0.705. The summed E-state index contributed by atoms with van der Waals surface area (Å²) in [5, 5.41) is 9.21. The molecule has 4 aliphatic rings. The van der Waals surface area contributed by atoms with Crippen LogP contribution in [0.3, 0.4) is 0 Å². The molecule has 2 nitrogen and oxygen atoms in total. The van der Waals surface area contributed by atoms with Gasteiger partial charge in [0.15, 0.2) is 0 Å². The van der Waals surface area contributed by atoms with E-state index in [-0.39, 0.29) is 5.41 Å². The summed E-state index contributed by atoms with van der Waals surface area (Å²) in [6.07, 6.45) is 10.9. The smallest absolute Gasteiger partial charge is 0.331 e. The van der Waals surface area contributed by atoms with Crippen molar-refractivity contribution in [1.82, 2.24) is 0 Å². The highest BCUT2D eigenvalue weighted by Gasteiger charge is 2.49. The van der Waals surface area contributed by atoms with Crippen molar-refractivity contribution in [1.29, 1.82) is 0 Å². The molecule has 4 aliphatic carbocycles. The van der Waals surface area contributed by atoms with Gasteiger partial charge in [0, 0.05) is 5.57 Å². The first kappa shape index (κ1) is 11.3. The lowest BCUT2D eigenvalue weighted by atomic mass is 9.49. The number of rotatable bonds is 3. The van der Waals surface area contributed by atoms with Gasteiger partial charge in [-0.1, -0.05) is 13.0 Å². The Morgan fingerprint density at radius 3 is 2.00 bits per heavy atom. The molecule has 0 amide bonds. The quantitative estimate of drug-likeness (QED) is 0.757. The van der Waals surface area contributed by atoms with Gasteiger partial charge in [-0.25, -0.2) is 4.79 Å². The molecule has 0 aromatic rings. The molecule has 0 radical (unpaired) electrons. The maximum absolute atomic E-state index is 11.2. The molecule has 17 heavy (non-hydrogen) atoms. The maximum atomic E-state index is 11.2. The fraction of sp³-hybridized carbons (Fsp3) is 0.800. The molecule has 4 bridgehead atoms. The van der Waals surface area contributed by atoms with E-state index >= 15 is 0 Å². The van der Waals surface area contributed by atoms with E-state index in [2.05, 4.69) is 6.08 Å². The number of carbonyl (C=O) groups is 1. The van der Waals surface area contributed by atoms with Crippen LogP contribution in [0, 0.1) is 23.2 Å². The second-order valence-electron chi connectivity index (χ2n) is 6.61. The molecule has 0 spiro atoms. The van der Waals surface area contributed by atoms with Gasteiger partial charge in [-0.2, -0.15) is 0 Å². The zero-order chi connectivity index (χ0) is 12.0. The second kappa shape index (κ2) is 3.86. The van der Waals surface area contributed by atoms with E-state index in [9.17, 15) is 9.90 Å². The monoisotopic (exact) mass is 234 g/mol. The molecule has 0 atom stereocenters. The number of carboxylic acid groups (broad SMARTS) is 1. The van der Waals surface area contributed by atoms with Crippen molar-refractivity contribution in [3.63, 3.8) is 0 Å². The van der Waals surface area contributed by atoms with E-state index in [0.717, 1.165) is 17.8 Å². The van der Waals surface area contributed by atoms with Crippen LogP contribution in [0.1, 0.15) is 51.9 Å². The summed E-state index contributed by atoms with van der Waals surface area (Å²) in [6.45, 7) is 1.96.